The van der Waals surface area contributed by atoms with Crippen LogP contribution in [0.1, 0.15) is 33.3 Å². The normalized spacial score (nSPS) is 13.7. The van der Waals surface area contributed by atoms with Crippen LogP contribution in [0.5, 0.6) is 0 Å². The largest absolute Gasteiger partial charge is 0.317 e. The van der Waals surface area contributed by atoms with Crippen molar-refractivity contribution in [2.24, 2.45) is 11.3 Å². The first-order valence-corrected chi connectivity index (χ1v) is 6.49. The van der Waals surface area contributed by atoms with E-state index in [1.54, 1.807) is 6.07 Å². The summed E-state index contributed by atoms with van der Waals surface area (Å²) in [5.41, 5.74) is 0.985. The quantitative estimate of drug-likeness (QED) is 0.844. The molecule has 1 rings (SSSR count). The van der Waals surface area contributed by atoms with Crippen molar-refractivity contribution in [1.82, 2.24) is 5.32 Å². The molecule has 0 radical (unpaired) electrons. The Balaban J connectivity index is 2.79. The molecule has 1 nitrogen and oxygen atoms in total. The fourth-order valence-electron chi connectivity index (χ4n) is 1.95. The van der Waals surface area contributed by atoms with E-state index < -0.39 is 11.6 Å². The summed E-state index contributed by atoms with van der Waals surface area (Å²) in [7, 11) is 0. The third-order valence-electron chi connectivity index (χ3n) is 3.33. The lowest BCUT2D eigenvalue weighted by Crippen LogP contribution is -2.33. The Labute approximate surface area is 109 Å². The zero-order valence-corrected chi connectivity index (χ0v) is 11.7. The Kier molecular flexibility index (Phi) is 5.27. The van der Waals surface area contributed by atoms with E-state index in [4.69, 9.17) is 0 Å². The molecule has 0 aliphatic carbocycles. The summed E-state index contributed by atoms with van der Waals surface area (Å²) in [5, 5.41) is 3.33. The lowest BCUT2D eigenvalue weighted by molar-refractivity contribution is 0.232. The highest BCUT2D eigenvalue weighted by Gasteiger charge is 2.24. The van der Waals surface area contributed by atoms with E-state index in [0.29, 0.717) is 5.92 Å². The Morgan fingerprint density at radius 2 is 1.83 bits per heavy atom. The van der Waals surface area contributed by atoms with Crippen molar-refractivity contribution in [3.63, 3.8) is 0 Å². The van der Waals surface area contributed by atoms with Gasteiger partial charge in [-0.15, -0.1) is 0 Å². The summed E-state index contributed by atoms with van der Waals surface area (Å²) in [4.78, 5) is 0. The SMILES string of the molecule is CCNCC(Cc1ccc(F)c(F)c1)C(C)(C)C. The highest BCUT2D eigenvalue weighted by molar-refractivity contribution is 5.18. The number of rotatable bonds is 5. The van der Waals surface area contributed by atoms with Gasteiger partial charge in [-0.2, -0.15) is 0 Å². The van der Waals surface area contributed by atoms with Crippen LogP contribution in [-0.4, -0.2) is 13.1 Å². The fraction of sp³-hybridized carbons (Fsp3) is 0.600. The van der Waals surface area contributed by atoms with E-state index in [1.807, 2.05) is 0 Å². The first-order valence-electron chi connectivity index (χ1n) is 6.49. The summed E-state index contributed by atoms with van der Waals surface area (Å²) in [6, 6.07) is 4.18. The summed E-state index contributed by atoms with van der Waals surface area (Å²) in [5.74, 6) is -1.15. The van der Waals surface area contributed by atoms with Crippen LogP contribution in [0.3, 0.4) is 0 Å². The molecule has 1 atom stereocenters. The number of halogens is 2. The van der Waals surface area contributed by atoms with Crippen molar-refractivity contribution in [2.45, 2.75) is 34.1 Å². The van der Waals surface area contributed by atoms with Crippen molar-refractivity contribution in [1.29, 1.82) is 0 Å². The zero-order chi connectivity index (χ0) is 13.8. The van der Waals surface area contributed by atoms with Gasteiger partial charge in [0.1, 0.15) is 0 Å². The van der Waals surface area contributed by atoms with Gasteiger partial charge in [-0.1, -0.05) is 33.8 Å². The van der Waals surface area contributed by atoms with Gasteiger partial charge < -0.3 is 5.32 Å². The number of benzene rings is 1. The molecule has 0 aliphatic rings. The summed E-state index contributed by atoms with van der Waals surface area (Å²) >= 11 is 0. The fourth-order valence-corrected chi connectivity index (χ4v) is 1.95. The first-order chi connectivity index (χ1) is 8.34. The Bertz CT molecular complexity index is 383. The highest BCUT2D eigenvalue weighted by atomic mass is 19.2. The van der Waals surface area contributed by atoms with E-state index in [1.165, 1.54) is 12.1 Å². The minimum Gasteiger partial charge on any atom is -0.317 e. The predicted octanol–water partition coefficient (Wildman–Crippen LogP) is 3.78. The molecule has 0 amide bonds. The molecule has 1 N–H and O–H groups in total. The average Bonchev–Trinajstić information content (AvgIpc) is 2.27. The monoisotopic (exact) mass is 255 g/mol. The van der Waals surface area contributed by atoms with Crippen LogP contribution in [0.25, 0.3) is 0 Å². The minimum atomic E-state index is -0.780. The third kappa shape index (κ3) is 4.37. The van der Waals surface area contributed by atoms with Crippen LogP contribution in [-0.2, 0) is 6.42 Å². The van der Waals surface area contributed by atoms with Gasteiger partial charge in [0.15, 0.2) is 11.6 Å². The molecule has 1 aromatic carbocycles. The Morgan fingerprint density at radius 1 is 1.17 bits per heavy atom. The van der Waals surface area contributed by atoms with E-state index >= 15 is 0 Å². The van der Waals surface area contributed by atoms with E-state index in [2.05, 4.69) is 33.0 Å². The van der Waals surface area contributed by atoms with Crippen molar-refractivity contribution < 1.29 is 8.78 Å². The second-order valence-electron chi connectivity index (χ2n) is 5.82. The standard InChI is InChI=1S/C15H23F2N/c1-5-18-10-12(15(2,3)4)8-11-6-7-13(16)14(17)9-11/h6-7,9,12,18H,5,8,10H2,1-4H3. The lowest BCUT2D eigenvalue weighted by Gasteiger charge is -2.31. The zero-order valence-electron chi connectivity index (χ0n) is 11.7. The maximum atomic E-state index is 13.2. The average molecular weight is 255 g/mol. The molecule has 0 saturated heterocycles. The molecule has 1 aromatic rings. The molecule has 102 valence electrons. The second kappa shape index (κ2) is 6.28. The van der Waals surface area contributed by atoms with E-state index in [-0.39, 0.29) is 5.41 Å². The summed E-state index contributed by atoms with van der Waals surface area (Å²) in [6.45, 7) is 10.4. The van der Waals surface area contributed by atoms with Crippen LogP contribution in [0.4, 0.5) is 8.78 Å². The van der Waals surface area contributed by atoms with Crippen molar-refractivity contribution in [3.05, 3.63) is 35.4 Å². The summed E-state index contributed by atoms with van der Waals surface area (Å²) in [6.07, 6.45) is 0.758. The molecular formula is C15H23F2N. The highest BCUT2D eigenvalue weighted by Crippen LogP contribution is 2.29. The van der Waals surface area contributed by atoms with Crippen molar-refractivity contribution in [3.8, 4) is 0 Å². The van der Waals surface area contributed by atoms with Gasteiger partial charge in [0, 0.05) is 0 Å². The number of hydrogen-bond donors (Lipinski definition) is 1. The number of nitrogens with one attached hydrogen (secondary N) is 1. The van der Waals surface area contributed by atoms with Crippen LogP contribution in [0, 0.1) is 23.0 Å². The smallest absolute Gasteiger partial charge is 0.159 e. The van der Waals surface area contributed by atoms with Gasteiger partial charge in [0.25, 0.3) is 0 Å². The second-order valence-corrected chi connectivity index (χ2v) is 5.82. The minimum absolute atomic E-state index is 0.132. The molecule has 0 saturated carbocycles. The summed E-state index contributed by atoms with van der Waals surface area (Å²) < 4.78 is 26.1. The van der Waals surface area contributed by atoms with Gasteiger partial charge in [-0.05, 0) is 48.5 Å². The van der Waals surface area contributed by atoms with Gasteiger partial charge in [-0.25, -0.2) is 8.78 Å². The lowest BCUT2D eigenvalue weighted by atomic mass is 9.77. The van der Waals surface area contributed by atoms with Gasteiger partial charge in [0.05, 0.1) is 0 Å². The topological polar surface area (TPSA) is 12.0 Å². The molecular weight excluding hydrogens is 232 g/mol. The molecule has 0 spiro atoms. The van der Waals surface area contributed by atoms with Gasteiger partial charge in [0.2, 0.25) is 0 Å². The molecule has 0 heterocycles. The molecule has 3 heteroatoms. The molecule has 0 fully saturated rings. The van der Waals surface area contributed by atoms with Gasteiger partial charge in [-0.3, -0.25) is 0 Å². The molecule has 18 heavy (non-hydrogen) atoms. The molecule has 0 aliphatic heterocycles. The maximum Gasteiger partial charge on any atom is 0.159 e. The van der Waals surface area contributed by atoms with E-state index in [0.717, 1.165) is 25.1 Å². The number of hydrogen-bond acceptors (Lipinski definition) is 1. The predicted molar refractivity (Wildman–Crippen MR) is 71.6 cm³/mol. The van der Waals surface area contributed by atoms with Crippen LogP contribution in [0.15, 0.2) is 18.2 Å². The Morgan fingerprint density at radius 3 is 2.33 bits per heavy atom. The van der Waals surface area contributed by atoms with Crippen LogP contribution < -0.4 is 5.32 Å². The van der Waals surface area contributed by atoms with Crippen molar-refractivity contribution >= 4 is 0 Å². The third-order valence-corrected chi connectivity index (χ3v) is 3.33. The van der Waals surface area contributed by atoms with Crippen LogP contribution >= 0.6 is 0 Å². The van der Waals surface area contributed by atoms with Crippen molar-refractivity contribution in [2.75, 3.05) is 13.1 Å². The molecule has 0 bridgehead atoms. The molecule has 1 unspecified atom stereocenters. The Hall–Kier alpha value is -0.960. The van der Waals surface area contributed by atoms with Gasteiger partial charge >= 0.3 is 0 Å². The first kappa shape index (κ1) is 15.1. The maximum absolute atomic E-state index is 13.2. The molecule has 0 aromatic heterocycles. The van der Waals surface area contributed by atoms with E-state index in [9.17, 15) is 8.78 Å². The van der Waals surface area contributed by atoms with Crippen LogP contribution in [0.2, 0.25) is 0 Å².